The van der Waals surface area contributed by atoms with Crippen LogP contribution in [0.3, 0.4) is 0 Å². The highest BCUT2D eigenvalue weighted by Crippen LogP contribution is 2.15. The van der Waals surface area contributed by atoms with Crippen molar-refractivity contribution in [2.75, 3.05) is 20.1 Å². The molecule has 0 spiro atoms. The maximum absolute atomic E-state index is 11.9. The molecule has 1 fully saturated rings. The summed E-state index contributed by atoms with van der Waals surface area (Å²) in [6, 6.07) is 4.02. The highest BCUT2D eigenvalue weighted by Gasteiger charge is 2.33. The van der Waals surface area contributed by atoms with Gasteiger partial charge in [0.15, 0.2) is 0 Å². The minimum atomic E-state index is 0.0484. The fourth-order valence-electron chi connectivity index (χ4n) is 1.91. The minimum absolute atomic E-state index is 0.0484. The van der Waals surface area contributed by atoms with Gasteiger partial charge in [-0.1, -0.05) is 0 Å². The lowest BCUT2D eigenvalue weighted by Gasteiger charge is -2.15. The molecule has 86 valence electrons. The van der Waals surface area contributed by atoms with Gasteiger partial charge in [-0.25, -0.2) is 4.79 Å². The van der Waals surface area contributed by atoms with Gasteiger partial charge in [-0.3, -0.25) is 4.98 Å². The zero-order valence-corrected chi connectivity index (χ0v) is 9.34. The van der Waals surface area contributed by atoms with Gasteiger partial charge in [-0.2, -0.15) is 0 Å². The van der Waals surface area contributed by atoms with Crippen molar-refractivity contribution in [2.45, 2.75) is 12.6 Å². The molecule has 1 atom stereocenters. The molecule has 1 saturated heterocycles. The Kier molecular flexibility index (Phi) is 3.05. The summed E-state index contributed by atoms with van der Waals surface area (Å²) in [5.41, 5.74) is 6.70. The number of pyridine rings is 1. The molecule has 0 bridgehead atoms. The van der Waals surface area contributed by atoms with E-state index in [-0.39, 0.29) is 12.1 Å². The van der Waals surface area contributed by atoms with E-state index in [1.165, 1.54) is 0 Å². The third-order valence-corrected chi connectivity index (χ3v) is 2.95. The van der Waals surface area contributed by atoms with E-state index in [0.717, 1.165) is 5.56 Å². The Morgan fingerprint density at radius 1 is 1.50 bits per heavy atom. The summed E-state index contributed by atoms with van der Waals surface area (Å²) in [6.07, 6.45) is 3.47. The molecule has 0 radical (unpaired) electrons. The van der Waals surface area contributed by atoms with Gasteiger partial charge in [0.05, 0.1) is 6.04 Å². The summed E-state index contributed by atoms with van der Waals surface area (Å²) in [7, 11) is 1.80. The first-order chi connectivity index (χ1) is 7.72. The van der Waals surface area contributed by atoms with E-state index in [2.05, 4.69) is 4.98 Å². The Morgan fingerprint density at radius 2 is 2.19 bits per heavy atom. The second kappa shape index (κ2) is 4.49. The summed E-state index contributed by atoms with van der Waals surface area (Å²) in [4.78, 5) is 19.3. The Hall–Kier alpha value is -1.62. The fourth-order valence-corrected chi connectivity index (χ4v) is 1.91. The van der Waals surface area contributed by atoms with Crippen LogP contribution >= 0.6 is 0 Å². The van der Waals surface area contributed by atoms with Crippen LogP contribution in [-0.2, 0) is 6.54 Å². The summed E-state index contributed by atoms with van der Waals surface area (Å²) in [5, 5.41) is 0. The van der Waals surface area contributed by atoms with Crippen molar-refractivity contribution in [1.29, 1.82) is 0 Å². The zero-order valence-electron chi connectivity index (χ0n) is 9.34. The highest BCUT2D eigenvalue weighted by atomic mass is 16.2. The molecule has 16 heavy (non-hydrogen) atoms. The number of nitrogens with two attached hydrogens (primary N) is 1. The second-order valence-electron chi connectivity index (χ2n) is 4.02. The molecule has 2 amide bonds. The van der Waals surface area contributed by atoms with Crippen molar-refractivity contribution in [2.24, 2.45) is 5.73 Å². The maximum atomic E-state index is 11.9. The molecule has 1 aromatic rings. The number of aromatic nitrogens is 1. The van der Waals surface area contributed by atoms with E-state index in [4.69, 9.17) is 5.73 Å². The normalized spacial score (nSPS) is 20.6. The second-order valence-corrected chi connectivity index (χ2v) is 4.02. The van der Waals surface area contributed by atoms with Crippen molar-refractivity contribution in [1.82, 2.24) is 14.8 Å². The van der Waals surface area contributed by atoms with Crippen LogP contribution in [0.5, 0.6) is 0 Å². The molecule has 5 nitrogen and oxygen atoms in total. The van der Waals surface area contributed by atoms with Gasteiger partial charge in [-0.05, 0) is 17.7 Å². The topological polar surface area (TPSA) is 62.5 Å². The number of likely N-dealkylation sites (N-methyl/N-ethyl adjacent to an activating group) is 1. The van der Waals surface area contributed by atoms with Crippen molar-refractivity contribution in [3.8, 4) is 0 Å². The zero-order chi connectivity index (χ0) is 11.5. The Bertz CT molecular complexity index is 368. The van der Waals surface area contributed by atoms with Crippen molar-refractivity contribution < 1.29 is 4.79 Å². The summed E-state index contributed by atoms with van der Waals surface area (Å²) in [6.45, 7) is 1.84. The largest absolute Gasteiger partial charge is 0.328 e. The molecule has 0 aromatic carbocycles. The van der Waals surface area contributed by atoms with Crippen LogP contribution in [0.15, 0.2) is 24.5 Å². The Labute approximate surface area is 94.9 Å². The average molecular weight is 220 g/mol. The van der Waals surface area contributed by atoms with Crippen molar-refractivity contribution >= 4 is 6.03 Å². The van der Waals surface area contributed by atoms with Crippen LogP contribution in [0.2, 0.25) is 0 Å². The number of hydrogen-bond acceptors (Lipinski definition) is 3. The van der Waals surface area contributed by atoms with Gasteiger partial charge in [0.2, 0.25) is 0 Å². The lowest BCUT2D eigenvalue weighted by molar-refractivity contribution is 0.194. The monoisotopic (exact) mass is 220 g/mol. The number of carbonyl (C=O) groups is 1. The van der Waals surface area contributed by atoms with Crippen molar-refractivity contribution in [3.05, 3.63) is 30.1 Å². The predicted molar refractivity (Wildman–Crippen MR) is 60.6 cm³/mol. The Balaban J connectivity index is 2.04. The van der Waals surface area contributed by atoms with E-state index >= 15 is 0 Å². The first-order valence-corrected chi connectivity index (χ1v) is 5.33. The van der Waals surface area contributed by atoms with E-state index < -0.39 is 0 Å². The first-order valence-electron chi connectivity index (χ1n) is 5.33. The molecule has 0 saturated carbocycles. The highest BCUT2D eigenvalue weighted by molar-refractivity contribution is 5.76. The molecule has 1 aliphatic heterocycles. The van der Waals surface area contributed by atoms with Crippen LogP contribution in [0.4, 0.5) is 4.79 Å². The van der Waals surface area contributed by atoms with E-state index in [0.29, 0.717) is 19.6 Å². The number of carbonyl (C=O) groups excluding carboxylic acids is 1. The van der Waals surface area contributed by atoms with Gasteiger partial charge in [0, 0.05) is 39.1 Å². The average Bonchev–Trinajstić information content (AvgIpc) is 2.58. The van der Waals surface area contributed by atoms with E-state index in [9.17, 15) is 4.79 Å². The molecule has 1 unspecified atom stereocenters. The lowest BCUT2D eigenvalue weighted by Crippen LogP contribution is -2.35. The van der Waals surface area contributed by atoms with Crippen LogP contribution in [-0.4, -0.2) is 47.0 Å². The maximum Gasteiger partial charge on any atom is 0.320 e. The van der Waals surface area contributed by atoms with Gasteiger partial charge < -0.3 is 15.5 Å². The number of nitrogens with zero attached hydrogens (tertiary/aromatic N) is 3. The lowest BCUT2D eigenvalue weighted by atomic mass is 10.2. The van der Waals surface area contributed by atoms with Crippen molar-refractivity contribution in [3.63, 3.8) is 0 Å². The molecule has 0 aliphatic carbocycles. The summed E-state index contributed by atoms with van der Waals surface area (Å²) in [5.74, 6) is 0. The van der Waals surface area contributed by atoms with Crippen LogP contribution in [0.25, 0.3) is 0 Å². The van der Waals surface area contributed by atoms with Gasteiger partial charge in [0.25, 0.3) is 0 Å². The smallest absolute Gasteiger partial charge is 0.320 e. The molecule has 2 heterocycles. The third-order valence-electron chi connectivity index (χ3n) is 2.95. The number of rotatable bonds is 3. The number of amides is 2. The van der Waals surface area contributed by atoms with Crippen LogP contribution in [0, 0.1) is 0 Å². The quantitative estimate of drug-likeness (QED) is 0.795. The van der Waals surface area contributed by atoms with E-state index in [1.54, 1.807) is 24.3 Å². The number of hydrogen-bond donors (Lipinski definition) is 1. The molecule has 1 aromatic heterocycles. The molecule has 5 heteroatoms. The standard InChI is InChI=1S/C11H16N4O/c1-14-10(6-12)8-15(11(14)16)7-9-2-4-13-5-3-9/h2-5,10H,6-8,12H2,1H3. The molecule has 2 rings (SSSR count). The first kappa shape index (κ1) is 10.9. The molecular weight excluding hydrogens is 204 g/mol. The molecule has 2 N–H and O–H groups in total. The summed E-state index contributed by atoms with van der Waals surface area (Å²) < 4.78 is 0. The van der Waals surface area contributed by atoms with E-state index in [1.807, 2.05) is 17.0 Å². The van der Waals surface area contributed by atoms with Gasteiger partial charge in [-0.15, -0.1) is 0 Å². The molecular formula is C11H16N4O. The van der Waals surface area contributed by atoms with Gasteiger partial charge >= 0.3 is 6.03 Å². The molecule has 1 aliphatic rings. The number of urea groups is 1. The fraction of sp³-hybridized carbons (Fsp3) is 0.455. The summed E-state index contributed by atoms with van der Waals surface area (Å²) >= 11 is 0. The van der Waals surface area contributed by atoms with Crippen LogP contribution < -0.4 is 5.73 Å². The minimum Gasteiger partial charge on any atom is -0.328 e. The SMILES string of the molecule is CN1C(=O)N(Cc2ccncc2)CC1CN. The predicted octanol–water partition coefficient (Wildman–Crippen LogP) is 0.276. The van der Waals surface area contributed by atoms with Gasteiger partial charge in [0.1, 0.15) is 0 Å². The Morgan fingerprint density at radius 3 is 2.75 bits per heavy atom. The van der Waals surface area contributed by atoms with Crippen LogP contribution in [0.1, 0.15) is 5.56 Å². The third kappa shape index (κ3) is 1.99.